The summed E-state index contributed by atoms with van der Waals surface area (Å²) in [6, 6.07) is 9.11. The van der Waals surface area contributed by atoms with Gasteiger partial charge < -0.3 is 24.4 Å². The average molecular weight is 500 g/mol. The van der Waals surface area contributed by atoms with E-state index in [0.717, 1.165) is 63.3 Å². The van der Waals surface area contributed by atoms with Gasteiger partial charge >= 0.3 is 5.97 Å². The fraction of sp³-hybridized carbons (Fsp3) is 0.571. The van der Waals surface area contributed by atoms with Crippen molar-refractivity contribution in [1.29, 1.82) is 0 Å². The largest absolute Gasteiger partial charge is 0.491 e. The number of likely N-dealkylation sites (tertiary alicyclic amines) is 1. The van der Waals surface area contributed by atoms with Gasteiger partial charge in [-0.2, -0.15) is 0 Å². The zero-order chi connectivity index (χ0) is 25.3. The van der Waals surface area contributed by atoms with Crippen LogP contribution in [-0.2, 0) is 27.1 Å². The molecule has 1 saturated heterocycles. The number of halogens is 1. The molecule has 0 amide bonds. The first kappa shape index (κ1) is 26.4. The van der Waals surface area contributed by atoms with Gasteiger partial charge in [-0.25, -0.2) is 9.37 Å². The second-order valence-electron chi connectivity index (χ2n) is 9.80. The van der Waals surface area contributed by atoms with E-state index in [1.165, 1.54) is 18.7 Å². The number of hydrogen-bond donors (Lipinski definition) is 1. The Morgan fingerprint density at radius 3 is 2.97 bits per heavy atom. The number of fused-ring (bicyclic) bond motifs is 1. The Kier molecular flexibility index (Phi) is 9.53. The number of pyridine rings is 1. The highest BCUT2D eigenvalue weighted by molar-refractivity contribution is 5.70. The van der Waals surface area contributed by atoms with E-state index in [1.54, 1.807) is 19.2 Å². The van der Waals surface area contributed by atoms with Crippen LogP contribution in [0.2, 0.25) is 0 Å². The van der Waals surface area contributed by atoms with Crippen molar-refractivity contribution in [3.05, 3.63) is 53.0 Å². The first-order valence-electron chi connectivity index (χ1n) is 13.0. The minimum Gasteiger partial charge on any atom is -0.491 e. The molecule has 3 heterocycles. The van der Waals surface area contributed by atoms with E-state index >= 15 is 0 Å². The first-order chi connectivity index (χ1) is 17.6. The molecular formula is C28H38FN3O4. The third-order valence-corrected chi connectivity index (χ3v) is 7.21. The molecule has 1 aromatic carbocycles. The molecule has 0 bridgehead atoms. The van der Waals surface area contributed by atoms with Gasteiger partial charge in [0.25, 0.3) is 0 Å². The van der Waals surface area contributed by atoms with Gasteiger partial charge in [-0.05, 0) is 80.0 Å². The summed E-state index contributed by atoms with van der Waals surface area (Å²) in [4.78, 5) is 19.4. The zero-order valence-corrected chi connectivity index (χ0v) is 21.4. The standard InChI is InChI=1S/C28H38FN3O4/c1-34-14-15-36-24-9-10-26(29)25(17-24)22(16-27(33)35-2)19-32-13-11-20(18-32)5-7-23-8-6-21-4-3-12-30-28(21)31-23/h6,8-10,17,20,22H,3-5,7,11-16,18-19H2,1-2H3,(H,30,31)/t20-,22?/m1/s1. The van der Waals surface area contributed by atoms with E-state index in [1.807, 2.05) is 0 Å². The smallest absolute Gasteiger partial charge is 0.306 e. The van der Waals surface area contributed by atoms with Crippen molar-refractivity contribution in [3.8, 4) is 5.75 Å². The Morgan fingerprint density at radius 1 is 1.25 bits per heavy atom. The SMILES string of the molecule is COCCOc1ccc(F)c(C(CC(=O)OC)CN2CC[C@@H](CCc3ccc4c(n3)NCCC4)C2)c1. The number of hydrogen-bond acceptors (Lipinski definition) is 7. The van der Waals surface area contributed by atoms with E-state index in [9.17, 15) is 9.18 Å². The highest BCUT2D eigenvalue weighted by Crippen LogP contribution is 2.31. The Bertz CT molecular complexity index is 1020. The van der Waals surface area contributed by atoms with Gasteiger partial charge in [0.05, 0.1) is 20.1 Å². The number of esters is 1. The molecule has 0 spiro atoms. The minimum absolute atomic E-state index is 0.127. The van der Waals surface area contributed by atoms with Crippen LogP contribution >= 0.6 is 0 Å². The van der Waals surface area contributed by atoms with E-state index in [-0.39, 0.29) is 24.1 Å². The monoisotopic (exact) mass is 499 g/mol. The molecule has 1 unspecified atom stereocenters. The maximum Gasteiger partial charge on any atom is 0.306 e. The van der Waals surface area contributed by atoms with Gasteiger partial charge in [0.2, 0.25) is 0 Å². The molecule has 1 N–H and O–H groups in total. The van der Waals surface area contributed by atoms with Crippen LogP contribution in [0.1, 0.15) is 48.4 Å². The van der Waals surface area contributed by atoms with Crippen molar-refractivity contribution in [3.63, 3.8) is 0 Å². The summed E-state index contributed by atoms with van der Waals surface area (Å²) in [5.41, 5.74) is 2.94. The maximum atomic E-state index is 14.9. The third kappa shape index (κ3) is 7.17. The number of ether oxygens (including phenoxy) is 3. The normalized spacial score (nSPS) is 18.4. The molecule has 0 radical (unpaired) electrons. The zero-order valence-electron chi connectivity index (χ0n) is 21.4. The van der Waals surface area contributed by atoms with Crippen LogP contribution in [0.3, 0.4) is 0 Å². The fourth-order valence-corrected chi connectivity index (χ4v) is 5.21. The first-order valence-corrected chi connectivity index (χ1v) is 13.0. The van der Waals surface area contributed by atoms with E-state index in [0.29, 0.717) is 37.0 Å². The summed E-state index contributed by atoms with van der Waals surface area (Å²) in [7, 11) is 2.98. The van der Waals surface area contributed by atoms with Gasteiger partial charge in [0.15, 0.2) is 0 Å². The third-order valence-electron chi connectivity index (χ3n) is 7.21. The Labute approximate surface area is 213 Å². The molecule has 0 saturated carbocycles. The molecule has 2 aliphatic rings. The lowest BCUT2D eigenvalue weighted by molar-refractivity contribution is -0.141. The van der Waals surface area contributed by atoms with Crippen molar-refractivity contribution in [2.75, 3.05) is 58.9 Å². The number of nitrogens with one attached hydrogen (secondary N) is 1. The molecule has 36 heavy (non-hydrogen) atoms. The lowest BCUT2D eigenvalue weighted by Crippen LogP contribution is -2.28. The van der Waals surface area contributed by atoms with Crippen molar-refractivity contribution >= 4 is 11.8 Å². The molecule has 4 rings (SSSR count). The number of carbonyl (C=O) groups excluding carboxylic acids is 1. The predicted molar refractivity (Wildman–Crippen MR) is 137 cm³/mol. The number of nitrogens with zero attached hydrogens (tertiary/aromatic N) is 2. The number of aryl methyl sites for hydroxylation is 2. The van der Waals surface area contributed by atoms with Gasteiger partial charge in [0.1, 0.15) is 24.0 Å². The molecule has 2 aliphatic heterocycles. The number of anilines is 1. The predicted octanol–water partition coefficient (Wildman–Crippen LogP) is 4.21. The van der Waals surface area contributed by atoms with Crippen LogP contribution in [0, 0.1) is 11.7 Å². The van der Waals surface area contributed by atoms with E-state index in [2.05, 4.69) is 22.3 Å². The second kappa shape index (κ2) is 13.0. The van der Waals surface area contributed by atoms with Crippen molar-refractivity contribution in [1.82, 2.24) is 9.88 Å². The van der Waals surface area contributed by atoms with Crippen LogP contribution in [0.4, 0.5) is 10.2 Å². The Balaban J connectivity index is 1.36. The van der Waals surface area contributed by atoms with Gasteiger partial charge in [-0.3, -0.25) is 4.79 Å². The summed E-state index contributed by atoms with van der Waals surface area (Å²) in [5, 5.41) is 3.42. The summed E-state index contributed by atoms with van der Waals surface area (Å²) in [6.07, 6.45) is 5.51. The molecule has 2 atom stereocenters. The van der Waals surface area contributed by atoms with E-state index in [4.69, 9.17) is 19.2 Å². The fourth-order valence-electron chi connectivity index (χ4n) is 5.21. The lowest BCUT2D eigenvalue weighted by atomic mass is 9.94. The van der Waals surface area contributed by atoms with Crippen LogP contribution in [-0.4, -0.2) is 69.5 Å². The lowest BCUT2D eigenvalue weighted by Gasteiger charge is -2.24. The van der Waals surface area contributed by atoms with E-state index < -0.39 is 0 Å². The summed E-state index contributed by atoms with van der Waals surface area (Å²) >= 11 is 0. The van der Waals surface area contributed by atoms with Crippen LogP contribution in [0.15, 0.2) is 30.3 Å². The molecule has 1 aromatic heterocycles. The summed E-state index contributed by atoms with van der Waals surface area (Å²) in [6.45, 7) is 4.30. The minimum atomic E-state index is -0.340. The van der Waals surface area contributed by atoms with Crippen molar-refractivity contribution in [2.24, 2.45) is 5.92 Å². The van der Waals surface area contributed by atoms with Crippen molar-refractivity contribution < 1.29 is 23.4 Å². The highest BCUT2D eigenvalue weighted by Gasteiger charge is 2.28. The Morgan fingerprint density at radius 2 is 2.14 bits per heavy atom. The highest BCUT2D eigenvalue weighted by atomic mass is 19.1. The van der Waals surface area contributed by atoms with Gasteiger partial charge in [0, 0.05) is 38.4 Å². The topological polar surface area (TPSA) is 72.9 Å². The molecule has 8 heteroatoms. The van der Waals surface area contributed by atoms with Gasteiger partial charge in [-0.1, -0.05) is 6.07 Å². The van der Waals surface area contributed by atoms with Crippen molar-refractivity contribution in [2.45, 2.75) is 44.4 Å². The van der Waals surface area contributed by atoms with Crippen LogP contribution in [0.25, 0.3) is 0 Å². The number of methoxy groups -OCH3 is 2. The molecule has 0 aliphatic carbocycles. The molecule has 1 fully saturated rings. The number of rotatable bonds is 12. The molecule has 7 nitrogen and oxygen atoms in total. The van der Waals surface area contributed by atoms with Crippen LogP contribution < -0.4 is 10.1 Å². The number of aromatic nitrogens is 1. The quantitative estimate of drug-likeness (QED) is 0.347. The van der Waals surface area contributed by atoms with Gasteiger partial charge in [-0.15, -0.1) is 0 Å². The Hall–Kier alpha value is -2.71. The average Bonchev–Trinajstić information content (AvgIpc) is 3.35. The molecule has 196 valence electrons. The summed E-state index contributed by atoms with van der Waals surface area (Å²) < 4.78 is 30.5. The van der Waals surface area contributed by atoms with Crippen LogP contribution in [0.5, 0.6) is 5.75 Å². The second-order valence-corrected chi connectivity index (χ2v) is 9.80. The summed E-state index contributed by atoms with van der Waals surface area (Å²) in [5.74, 6) is 1.20. The molecule has 2 aromatic rings. The maximum absolute atomic E-state index is 14.9. The number of carbonyl (C=O) groups is 1. The molecular weight excluding hydrogens is 461 g/mol. The number of benzene rings is 1.